The van der Waals surface area contributed by atoms with E-state index < -0.39 is 17.7 Å². The molecule has 128 valence electrons. The van der Waals surface area contributed by atoms with E-state index in [0.717, 1.165) is 30.7 Å². The third kappa shape index (κ3) is 3.55. The lowest BCUT2D eigenvalue weighted by atomic mass is 9.94. The van der Waals surface area contributed by atoms with Crippen LogP contribution < -0.4 is 4.74 Å². The summed E-state index contributed by atoms with van der Waals surface area (Å²) in [6.07, 6.45) is 2.82. The molecule has 0 bridgehead atoms. The molecule has 1 saturated heterocycles. The largest absolute Gasteiger partial charge is 0.481 e. The lowest BCUT2D eigenvalue weighted by Crippen LogP contribution is -2.45. The lowest BCUT2D eigenvalue weighted by Gasteiger charge is -2.33. The van der Waals surface area contributed by atoms with Gasteiger partial charge in [0, 0.05) is 37.0 Å². The highest BCUT2D eigenvalue weighted by Gasteiger charge is 2.29. The van der Waals surface area contributed by atoms with Crippen LogP contribution in [0.5, 0.6) is 5.75 Å². The second kappa shape index (κ2) is 6.98. The van der Waals surface area contributed by atoms with Gasteiger partial charge in [-0.1, -0.05) is 0 Å². The van der Waals surface area contributed by atoms with E-state index in [2.05, 4.69) is 10.2 Å². The predicted octanol–water partition coefficient (Wildman–Crippen LogP) is 2.86. The van der Waals surface area contributed by atoms with Crippen LogP contribution in [0.25, 0.3) is 0 Å². The summed E-state index contributed by atoms with van der Waals surface area (Å²) < 4.78 is 31.7. The van der Waals surface area contributed by atoms with Gasteiger partial charge in [-0.3, -0.25) is 9.89 Å². The Morgan fingerprint density at radius 3 is 2.92 bits per heavy atom. The number of carbonyl (C=O) groups is 1. The Bertz CT molecular complexity index is 706. The number of H-pyrrole nitrogens is 1. The minimum atomic E-state index is -0.996. The summed E-state index contributed by atoms with van der Waals surface area (Å²) in [5.74, 6) is -1.74. The SMILES string of the molecule is C[C@H](Oc1ccc(F)c(F)c1)C(=O)N1CCC[C@H](c2ccn[nH]2)C1. The van der Waals surface area contributed by atoms with Crippen molar-refractivity contribution in [2.75, 3.05) is 13.1 Å². The van der Waals surface area contributed by atoms with Crippen molar-refractivity contribution in [1.29, 1.82) is 0 Å². The summed E-state index contributed by atoms with van der Waals surface area (Å²) in [5.41, 5.74) is 1.02. The minimum Gasteiger partial charge on any atom is -0.481 e. The van der Waals surface area contributed by atoms with E-state index in [1.54, 1.807) is 18.0 Å². The number of likely N-dealkylation sites (tertiary alicyclic amines) is 1. The molecule has 2 heterocycles. The van der Waals surface area contributed by atoms with Crippen molar-refractivity contribution in [2.24, 2.45) is 0 Å². The van der Waals surface area contributed by atoms with E-state index in [0.29, 0.717) is 13.1 Å². The number of benzene rings is 1. The number of ether oxygens (including phenoxy) is 1. The predicted molar refractivity (Wildman–Crippen MR) is 83.6 cm³/mol. The number of amides is 1. The number of carbonyl (C=O) groups excluding carboxylic acids is 1. The van der Waals surface area contributed by atoms with Crippen molar-refractivity contribution in [1.82, 2.24) is 15.1 Å². The maximum atomic E-state index is 13.2. The molecule has 1 amide bonds. The van der Waals surface area contributed by atoms with Crippen LogP contribution in [0.2, 0.25) is 0 Å². The zero-order valence-corrected chi connectivity index (χ0v) is 13.3. The first-order valence-corrected chi connectivity index (χ1v) is 7.94. The van der Waals surface area contributed by atoms with E-state index in [4.69, 9.17) is 4.74 Å². The Labute approximate surface area is 138 Å². The standard InChI is InChI=1S/C17H19F2N3O2/c1-11(24-13-4-5-14(18)15(19)9-13)17(23)22-8-2-3-12(10-22)16-6-7-20-21-16/h4-7,9,11-12H,2-3,8,10H2,1H3,(H,20,21)/t11-,12-/m0/s1. The van der Waals surface area contributed by atoms with Gasteiger partial charge in [-0.25, -0.2) is 8.78 Å². The van der Waals surface area contributed by atoms with Crippen LogP contribution in [0.4, 0.5) is 8.78 Å². The Balaban J connectivity index is 1.63. The van der Waals surface area contributed by atoms with E-state index >= 15 is 0 Å². The number of halogens is 2. The van der Waals surface area contributed by atoms with Crippen molar-refractivity contribution in [3.8, 4) is 5.75 Å². The molecule has 1 aromatic heterocycles. The molecule has 24 heavy (non-hydrogen) atoms. The Morgan fingerprint density at radius 2 is 2.21 bits per heavy atom. The molecule has 1 aromatic carbocycles. The van der Waals surface area contributed by atoms with Crippen LogP contribution in [0, 0.1) is 11.6 Å². The number of nitrogens with one attached hydrogen (secondary N) is 1. The van der Waals surface area contributed by atoms with E-state index in [1.165, 1.54) is 6.07 Å². The molecule has 0 unspecified atom stereocenters. The molecule has 0 spiro atoms. The summed E-state index contributed by atoms with van der Waals surface area (Å²) in [6.45, 7) is 2.87. The molecule has 2 atom stereocenters. The quantitative estimate of drug-likeness (QED) is 0.935. The van der Waals surface area contributed by atoms with Crippen molar-refractivity contribution in [3.63, 3.8) is 0 Å². The van der Waals surface area contributed by atoms with Crippen molar-refractivity contribution >= 4 is 5.91 Å². The number of rotatable bonds is 4. The molecular weight excluding hydrogens is 316 g/mol. The average molecular weight is 335 g/mol. The first-order valence-electron chi connectivity index (χ1n) is 7.94. The van der Waals surface area contributed by atoms with E-state index in [-0.39, 0.29) is 17.6 Å². The molecule has 7 heteroatoms. The maximum Gasteiger partial charge on any atom is 0.263 e. The normalized spacial score (nSPS) is 19.1. The van der Waals surface area contributed by atoms with E-state index in [1.807, 2.05) is 6.07 Å². The zero-order chi connectivity index (χ0) is 17.1. The molecule has 0 aliphatic carbocycles. The monoisotopic (exact) mass is 335 g/mol. The number of nitrogens with zero attached hydrogens (tertiary/aromatic N) is 2. The zero-order valence-electron chi connectivity index (χ0n) is 13.3. The van der Waals surface area contributed by atoms with Crippen LogP contribution in [0.15, 0.2) is 30.5 Å². The van der Waals surface area contributed by atoms with Crippen molar-refractivity contribution in [2.45, 2.75) is 31.8 Å². The smallest absolute Gasteiger partial charge is 0.263 e. The molecule has 3 rings (SSSR count). The average Bonchev–Trinajstić information content (AvgIpc) is 3.12. The molecule has 1 aliphatic rings. The topological polar surface area (TPSA) is 58.2 Å². The number of aromatic amines is 1. The molecule has 1 fully saturated rings. The van der Waals surface area contributed by atoms with Crippen LogP contribution in [-0.4, -0.2) is 40.2 Å². The molecule has 0 radical (unpaired) electrons. The van der Waals surface area contributed by atoms with Gasteiger partial charge >= 0.3 is 0 Å². The highest BCUT2D eigenvalue weighted by atomic mass is 19.2. The highest BCUT2D eigenvalue weighted by molar-refractivity contribution is 5.81. The van der Waals surface area contributed by atoms with Gasteiger partial charge in [-0.2, -0.15) is 5.10 Å². The van der Waals surface area contributed by atoms with Gasteiger partial charge in [0.25, 0.3) is 5.91 Å². The molecule has 1 N–H and O–H groups in total. The number of hydrogen-bond donors (Lipinski definition) is 1. The molecular formula is C17H19F2N3O2. The van der Waals surface area contributed by atoms with Crippen LogP contribution in [0.1, 0.15) is 31.4 Å². The van der Waals surface area contributed by atoms with E-state index in [9.17, 15) is 13.6 Å². The third-order valence-electron chi connectivity index (χ3n) is 4.25. The first kappa shape index (κ1) is 16.4. The fourth-order valence-corrected chi connectivity index (χ4v) is 2.99. The van der Waals surface area contributed by atoms with Gasteiger partial charge in [0.05, 0.1) is 0 Å². The first-order chi connectivity index (χ1) is 11.5. The molecule has 0 saturated carbocycles. The number of piperidine rings is 1. The summed E-state index contributed by atoms with van der Waals surface area (Å²) in [4.78, 5) is 14.3. The molecule has 1 aliphatic heterocycles. The van der Waals surface area contributed by atoms with Gasteiger partial charge in [0.1, 0.15) is 5.75 Å². The Hall–Kier alpha value is -2.44. The Kier molecular flexibility index (Phi) is 4.78. The third-order valence-corrected chi connectivity index (χ3v) is 4.25. The summed E-state index contributed by atoms with van der Waals surface area (Å²) in [6, 6.07) is 5.16. The van der Waals surface area contributed by atoms with Crippen LogP contribution >= 0.6 is 0 Å². The summed E-state index contributed by atoms with van der Waals surface area (Å²) in [7, 11) is 0. The fourth-order valence-electron chi connectivity index (χ4n) is 2.99. The van der Waals surface area contributed by atoms with Crippen LogP contribution in [0.3, 0.4) is 0 Å². The van der Waals surface area contributed by atoms with Crippen LogP contribution in [-0.2, 0) is 4.79 Å². The highest BCUT2D eigenvalue weighted by Crippen LogP contribution is 2.26. The summed E-state index contributed by atoms with van der Waals surface area (Å²) in [5, 5.41) is 6.90. The lowest BCUT2D eigenvalue weighted by molar-refractivity contribution is -0.139. The number of hydrogen-bond acceptors (Lipinski definition) is 3. The fraction of sp³-hybridized carbons (Fsp3) is 0.412. The number of aromatic nitrogens is 2. The Morgan fingerprint density at radius 1 is 1.38 bits per heavy atom. The van der Waals surface area contributed by atoms with Crippen molar-refractivity contribution in [3.05, 3.63) is 47.8 Å². The van der Waals surface area contributed by atoms with Gasteiger partial charge < -0.3 is 9.64 Å². The molecule has 2 aromatic rings. The van der Waals surface area contributed by atoms with Gasteiger partial charge in [0.2, 0.25) is 0 Å². The van der Waals surface area contributed by atoms with Gasteiger partial charge in [0.15, 0.2) is 17.7 Å². The summed E-state index contributed by atoms with van der Waals surface area (Å²) >= 11 is 0. The minimum absolute atomic E-state index is 0.136. The van der Waals surface area contributed by atoms with Gasteiger partial charge in [-0.05, 0) is 38.0 Å². The second-order valence-electron chi connectivity index (χ2n) is 5.97. The molecule has 5 nitrogen and oxygen atoms in total. The van der Waals surface area contributed by atoms with Gasteiger partial charge in [-0.15, -0.1) is 0 Å². The second-order valence-corrected chi connectivity index (χ2v) is 5.97. The van der Waals surface area contributed by atoms with Crippen molar-refractivity contribution < 1.29 is 18.3 Å². The maximum absolute atomic E-state index is 13.2.